The molecular formula is C55H36N2. The fourth-order valence-electron chi connectivity index (χ4n) is 11.0. The second-order valence-corrected chi connectivity index (χ2v) is 16.0. The number of hydrogen-bond donors (Lipinski definition) is 2. The Morgan fingerprint density at radius 1 is 0.368 bits per heavy atom. The van der Waals surface area contributed by atoms with Crippen LogP contribution >= 0.6 is 0 Å². The lowest BCUT2D eigenvalue weighted by Crippen LogP contribution is -2.39. The van der Waals surface area contributed by atoms with Gasteiger partial charge in [-0.2, -0.15) is 0 Å². The summed E-state index contributed by atoms with van der Waals surface area (Å²) in [4.78, 5) is 0. The Labute approximate surface area is 331 Å². The molecule has 13 rings (SSSR count). The smallest absolute Gasteiger partial charge is 0.104 e. The maximum atomic E-state index is 4.18. The van der Waals surface area contributed by atoms with E-state index in [2.05, 4.69) is 205 Å². The van der Waals surface area contributed by atoms with E-state index in [9.17, 15) is 0 Å². The van der Waals surface area contributed by atoms with E-state index in [-0.39, 0.29) is 12.2 Å². The molecule has 10 aromatic carbocycles. The molecule has 0 bridgehead atoms. The van der Waals surface area contributed by atoms with Crippen molar-refractivity contribution in [1.82, 2.24) is 5.32 Å². The van der Waals surface area contributed by atoms with Gasteiger partial charge in [-0.3, -0.25) is 5.32 Å². The molecule has 1 aliphatic heterocycles. The van der Waals surface area contributed by atoms with E-state index in [0.29, 0.717) is 0 Å². The normalized spacial score (nSPS) is 18.7. The Hall–Kier alpha value is -7.00. The number of nitrogens with one attached hydrogen (secondary N) is 2. The molecule has 2 aliphatic carbocycles. The molecule has 0 saturated heterocycles. The molecule has 266 valence electrons. The molecule has 1 heterocycles. The van der Waals surface area contributed by atoms with Gasteiger partial charge in [-0.05, 0) is 129 Å². The molecule has 2 N–H and O–H groups in total. The average Bonchev–Trinajstić information content (AvgIpc) is 3.75. The molecule has 57 heavy (non-hydrogen) atoms. The van der Waals surface area contributed by atoms with Gasteiger partial charge < -0.3 is 5.32 Å². The van der Waals surface area contributed by atoms with E-state index in [1.807, 2.05) is 0 Å². The van der Waals surface area contributed by atoms with Crippen molar-refractivity contribution in [2.24, 2.45) is 0 Å². The maximum absolute atomic E-state index is 4.18. The zero-order chi connectivity index (χ0) is 37.2. The average molecular weight is 725 g/mol. The number of benzene rings is 10. The molecule has 2 heteroatoms. The molecule has 2 nitrogen and oxygen atoms in total. The Kier molecular flexibility index (Phi) is 6.31. The quantitative estimate of drug-likeness (QED) is 0.174. The minimum Gasteiger partial charge on any atom is -0.366 e. The molecule has 3 atom stereocenters. The maximum Gasteiger partial charge on any atom is 0.104 e. The molecule has 3 unspecified atom stereocenters. The van der Waals surface area contributed by atoms with E-state index in [1.54, 1.807) is 0 Å². The Morgan fingerprint density at radius 2 is 0.930 bits per heavy atom. The van der Waals surface area contributed by atoms with Crippen molar-refractivity contribution in [3.05, 3.63) is 233 Å². The number of para-hydroxylation sites is 1. The summed E-state index contributed by atoms with van der Waals surface area (Å²) in [6, 6.07) is 72.8. The molecule has 0 saturated carbocycles. The summed E-state index contributed by atoms with van der Waals surface area (Å²) in [7, 11) is 0. The molecule has 0 radical (unpaired) electrons. The summed E-state index contributed by atoms with van der Waals surface area (Å²) in [5.41, 5.74) is 15.1. The van der Waals surface area contributed by atoms with Crippen LogP contribution in [0.5, 0.6) is 0 Å². The first-order valence-corrected chi connectivity index (χ1v) is 20.1. The Morgan fingerprint density at radius 3 is 1.68 bits per heavy atom. The lowest BCUT2D eigenvalue weighted by atomic mass is 9.68. The largest absolute Gasteiger partial charge is 0.366 e. The molecule has 3 aliphatic rings. The summed E-state index contributed by atoms with van der Waals surface area (Å²) in [6.45, 7) is 0. The van der Waals surface area contributed by atoms with Crippen LogP contribution in [0.2, 0.25) is 0 Å². The van der Waals surface area contributed by atoms with E-state index < -0.39 is 5.41 Å². The molecule has 0 fully saturated rings. The molecule has 1 spiro atoms. The minimum absolute atomic E-state index is 0.000574. The highest BCUT2D eigenvalue weighted by molar-refractivity contribution is 6.26. The first kappa shape index (κ1) is 31.2. The van der Waals surface area contributed by atoms with Crippen LogP contribution < -0.4 is 10.6 Å². The lowest BCUT2D eigenvalue weighted by Gasteiger charge is -2.39. The SMILES string of the molecule is c1ccc2c(c1)NC(c1cccc3c1C1(c4ccccc4-c4cc5c6ccccc6c6ccccc6c5cc41)c1ccccc1-3)NC2c1ccc2ccccc2c1. The van der Waals surface area contributed by atoms with Crippen LogP contribution in [-0.2, 0) is 5.41 Å². The van der Waals surface area contributed by atoms with Crippen LogP contribution in [0, 0.1) is 0 Å². The van der Waals surface area contributed by atoms with E-state index in [0.717, 1.165) is 5.69 Å². The Bertz CT molecular complexity index is 3340. The Balaban J connectivity index is 1.10. The number of rotatable bonds is 2. The highest BCUT2D eigenvalue weighted by atomic mass is 15.2. The highest BCUT2D eigenvalue weighted by Crippen LogP contribution is 2.65. The monoisotopic (exact) mass is 724 g/mol. The van der Waals surface area contributed by atoms with E-state index in [1.165, 1.54) is 104 Å². The third-order valence-corrected chi connectivity index (χ3v) is 13.3. The van der Waals surface area contributed by atoms with E-state index >= 15 is 0 Å². The summed E-state index contributed by atoms with van der Waals surface area (Å²) in [5.74, 6) is 0. The van der Waals surface area contributed by atoms with E-state index in [4.69, 9.17) is 0 Å². The predicted octanol–water partition coefficient (Wildman–Crippen LogP) is 13.4. The predicted molar refractivity (Wildman–Crippen MR) is 237 cm³/mol. The zero-order valence-corrected chi connectivity index (χ0v) is 31.1. The van der Waals surface area contributed by atoms with Gasteiger partial charge in [0.25, 0.3) is 0 Å². The van der Waals surface area contributed by atoms with Crippen molar-refractivity contribution in [3.63, 3.8) is 0 Å². The van der Waals surface area contributed by atoms with Crippen LogP contribution in [-0.4, -0.2) is 0 Å². The van der Waals surface area contributed by atoms with Gasteiger partial charge in [0.05, 0.1) is 11.5 Å². The summed E-state index contributed by atoms with van der Waals surface area (Å²) >= 11 is 0. The summed E-state index contributed by atoms with van der Waals surface area (Å²) in [6.07, 6.45) is -0.154. The highest BCUT2D eigenvalue weighted by Gasteiger charge is 2.53. The van der Waals surface area contributed by atoms with Crippen LogP contribution in [0.25, 0.3) is 65.3 Å². The third kappa shape index (κ3) is 4.12. The topological polar surface area (TPSA) is 24.1 Å². The van der Waals surface area contributed by atoms with Crippen LogP contribution in [0.15, 0.2) is 194 Å². The lowest BCUT2D eigenvalue weighted by molar-refractivity contribution is 0.501. The van der Waals surface area contributed by atoms with Crippen molar-refractivity contribution >= 4 is 48.8 Å². The van der Waals surface area contributed by atoms with Crippen LogP contribution in [0.3, 0.4) is 0 Å². The molecular weight excluding hydrogens is 689 g/mol. The second-order valence-electron chi connectivity index (χ2n) is 16.0. The minimum atomic E-state index is -0.520. The van der Waals surface area contributed by atoms with Gasteiger partial charge in [0.15, 0.2) is 0 Å². The van der Waals surface area contributed by atoms with Gasteiger partial charge in [0, 0.05) is 5.69 Å². The van der Waals surface area contributed by atoms with Gasteiger partial charge in [-0.1, -0.05) is 170 Å². The summed E-state index contributed by atoms with van der Waals surface area (Å²) < 4.78 is 0. The van der Waals surface area contributed by atoms with Gasteiger partial charge in [0.1, 0.15) is 6.17 Å². The summed E-state index contributed by atoms with van der Waals surface area (Å²) in [5, 5.41) is 18.5. The standard InChI is InChI=1S/C55H36N2/c1-2-15-34-30-35(29-28-33(34)14-1)53-43-22-9-12-27-51(43)56-54(57-53)44-24-13-23-42-40-20-7-10-25-48(40)55(52(42)44)49-26-11-8-21-41(49)47-31-45-38-18-5-3-16-36(38)37-17-4-6-19-39(37)46(45)32-50(47)55/h1-32,53-54,56-57H. The zero-order valence-electron chi connectivity index (χ0n) is 31.1. The number of fused-ring (bicyclic) bond motifs is 18. The van der Waals surface area contributed by atoms with Crippen molar-refractivity contribution in [2.45, 2.75) is 17.6 Å². The third-order valence-electron chi connectivity index (χ3n) is 13.3. The van der Waals surface area contributed by atoms with Crippen molar-refractivity contribution in [3.8, 4) is 22.3 Å². The molecule has 10 aromatic rings. The number of anilines is 1. The second kappa shape index (κ2) is 11.5. The first-order valence-electron chi connectivity index (χ1n) is 20.1. The first-order chi connectivity index (χ1) is 28.3. The van der Waals surface area contributed by atoms with Gasteiger partial charge >= 0.3 is 0 Å². The van der Waals surface area contributed by atoms with Crippen molar-refractivity contribution < 1.29 is 0 Å². The van der Waals surface area contributed by atoms with Gasteiger partial charge in [-0.15, -0.1) is 0 Å². The molecule has 0 aromatic heterocycles. The van der Waals surface area contributed by atoms with Gasteiger partial charge in [-0.25, -0.2) is 0 Å². The fraction of sp³-hybridized carbons (Fsp3) is 0.0545. The number of hydrogen-bond acceptors (Lipinski definition) is 2. The van der Waals surface area contributed by atoms with Crippen molar-refractivity contribution in [1.29, 1.82) is 0 Å². The van der Waals surface area contributed by atoms with Crippen molar-refractivity contribution in [2.75, 3.05) is 5.32 Å². The molecule has 0 amide bonds. The van der Waals surface area contributed by atoms with Gasteiger partial charge in [0.2, 0.25) is 0 Å². The fourth-order valence-corrected chi connectivity index (χ4v) is 11.0. The van der Waals surface area contributed by atoms with Crippen LogP contribution in [0.1, 0.15) is 51.2 Å². The van der Waals surface area contributed by atoms with Crippen LogP contribution in [0.4, 0.5) is 5.69 Å².